The number of pyridine rings is 1. The minimum Gasteiger partial charge on any atom is -0.496 e. The molecule has 0 radical (unpaired) electrons. The van der Waals surface area contributed by atoms with E-state index in [0.717, 1.165) is 37.7 Å². The molecule has 0 aliphatic heterocycles. The molecule has 2 aromatic heterocycles. The van der Waals surface area contributed by atoms with Crippen molar-refractivity contribution >= 4 is 50.8 Å². The van der Waals surface area contributed by atoms with E-state index in [1.54, 1.807) is 0 Å². The minimum atomic E-state index is -4.73. The largest absolute Gasteiger partial charge is 0.496 e. The fraction of sp³-hybridized carbons (Fsp3) is 0.364. The second kappa shape index (κ2) is 9.66. The molecule has 13 heteroatoms. The van der Waals surface area contributed by atoms with E-state index in [4.69, 9.17) is 13.6 Å². The van der Waals surface area contributed by atoms with Crippen molar-refractivity contribution in [1.82, 2.24) is 14.7 Å². The molecule has 9 nitrogen and oxygen atoms in total. The number of carbonyl (C=O) groups excluding carboxylic acids is 2. The second-order valence-corrected chi connectivity index (χ2v) is 8.51. The number of rotatable bonds is 8. The van der Waals surface area contributed by atoms with Crippen molar-refractivity contribution in [3.05, 3.63) is 35.5 Å². The van der Waals surface area contributed by atoms with Crippen LogP contribution in [0.3, 0.4) is 0 Å². The van der Waals surface area contributed by atoms with Gasteiger partial charge in [-0.25, -0.2) is 4.98 Å². The summed E-state index contributed by atoms with van der Waals surface area (Å²) in [5, 5.41) is 7.55. The molecule has 1 aliphatic rings. The lowest BCUT2D eigenvalue weighted by Crippen LogP contribution is -2.23. The van der Waals surface area contributed by atoms with Gasteiger partial charge in [0.1, 0.15) is 11.6 Å². The van der Waals surface area contributed by atoms with E-state index in [1.807, 2.05) is 5.32 Å². The van der Waals surface area contributed by atoms with Crippen LogP contribution in [-0.2, 0) is 9.53 Å². The van der Waals surface area contributed by atoms with Crippen LogP contribution >= 0.6 is 11.5 Å². The number of nitrogens with one attached hydrogen (secondary N) is 3. The third-order valence-electron chi connectivity index (χ3n) is 5.36. The zero-order chi connectivity index (χ0) is 27.8. The van der Waals surface area contributed by atoms with Crippen molar-refractivity contribution in [2.45, 2.75) is 25.1 Å². The topological polar surface area (TPSA) is 114 Å². The van der Waals surface area contributed by atoms with Gasteiger partial charge in [-0.2, -0.15) is 17.5 Å². The van der Waals surface area contributed by atoms with E-state index in [9.17, 15) is 22.8 Å². The average Bonchev–Trinajstić information content (AvgIpc) is 3.59. The number of hydrogen-bond donors (Lipinski definition) is 3. The van der Waals surface area contributed by atoms with E-state index < -0.39 is 25.2 Å². The van der Waals surface area contributed by atoms with Gasteiger partial charge in [-0.15, -0.1) is 0 Å². The van der Waals surface area contributed by atoms with Crippen molar-refractivity contribution in [2.75, 3.05) is 31.8 Å². The Kier molecular flexibility index (Phi) is 5.76. The number of fused-ring (bicyclic) bond motifs is 1. The van der Waals surface area contributed by atoms with Crippen LogP contribution in [0.1, 0.15) is 39.0 Å². The Morgan fingerprint density at radius 3 is 2.69 bits per heavy atom. The summed E-state index contributed by atoms with van der Waals surface area (Å²) in [6, 6.07) is 3.98. The van der Waals surface area contributed by atoms with Crippen molar-refractivity contribution < 1.29 is 36.3 Å². The number of carbonyl (C=O) groups is 2. The van der Waals surface area contributed by atoms with Crippen molar-refractivity contribution in [2.24, 2.45) is 5.92 Å². The quantitative estimate of drug-likeness (QED) is 0.410. The number of ether oxygens (including phenoxy) is 2. The lowest BCUT2D eigenvalue weighted by Gasteiger charge is -2.22. The van der Waals surface area contributed by atoms with Gasteiger partial charge in [-0.3, -0.25) is 9.59 Å². The van der Waals surface area contributed by atoms with Gasteiger partial charge in [0.25, 0.3) is 5.91 Å². The number of anilines is 3. The Morgan fingerprint density at radius 2 is 2.06 bits per heavy atom. The second-order valence-electron chi connectivity index (χ2n) is 7.71. The summed E-state index contributed by atoms with van der Waals surface area (Å²) in [5.41, 5.74) is -0.482. The molecule has 0 bridgehead atoms. The molecule has 1 aliphatic carbocycles. The number of amides is 2. The van der Waals surface area contributed by atoms with Crippen LogP contribution in [0.15, 0.2) is 24.4 Å². The van der Waals surface area contributed by atoms with E-state index in [1.165, 1.54) is 25.3 Å². The van der Waals surface area contributed by atoms with Crippen LogP contribution in [0.25, 0.3) is 10.1 Å². The summed E-state index contributed by atoms with van der Waals surface area (Å²) in [6.45, 7) is -2.80. The van der Waals surface area contributed by atoms with Gasteiger partial charge in [-0.05, 0) is 30.4 Å². The summed E-state index contributed by atoms with van der Waals surface area (Å²) in [4.78, 5) is 29.0. The highest BCUT2D eigenvalue weighted by atomic mass is 32.1. The summed E-state index contributed by atoms with van der Waals surface area (Å²) in [5.74, 6) is -1.42. The molecule has 0 spiro atoms. The van der Waals surface area contributed by atoms with Crippen LogP contribution in [-0.4, -0.2) is 48.5 Å². The predicted molar refractivity (Wildman–Crippen MR) is 124 cm³/mol. The molecule has 3 N–H and O–H groups in total. The van der Waals surface area contributed by atoms with Gasteiger partial charge in [-0.1, -0.05) is 6.07 Å². The van der Waals surface area contributed by atoms with Gasteiger partial charge >= 0.3 is 6.18 Å². The predicted octanol–water partition coefficient (Wildman–Crippen LogP) is 4.40. The first-order valence-corrected chi connectivity index (χ1v) is 11.1. The van der Waals surface area contributed by atoms with E-state index in [0.29, 0.717) is 4.70 Å². The Balaban J connectivity index is 1.79. The number of methoxy groups -OCH3 is 2. The van der Waals surface area contributed by atoms with Gasteiger partial charge in [0.15, 0.2) is 11.9 Å². The number of alkyl halides is 3. The lowest BCUT2D eigenvalue weighted by molar-refractivity contribution is -0.216. The Labute approximate surface area is 206 Å². The number of aromatic nitrogens is 2. The Hall–Kier alpha value is -3.45. The fourth-order valence-corrected chi connectivity index (χ4v) is 4.28. The van der Waals surface area contributed by atoms with E-state index >= 15 is 0 Å². The monoisotopic (exact) mass is 512 g/mol. The molecule has 3 aromatic rings. The first-order chi connectivity index (χ1) is 17.8. The van der Waals surface area contributed by atoms with Gasteiger partial charge < -0.3 is 25.4 Å². The average molecular weight is 513 g/mol. The number of halogens is 3. The molecule has 2 amide bonds. The molecule has 1 unspecified atom stereocenters. The van der Waals surface area contributed by atoms with Crippen molar-refractivity contribution in [3.8, 4) is 5.75 Å². The summed E-state index contributed by atoms with van der Waals surface area (Å²) in [6.07, 6.45) is -4.45. The van der Waals surface area contributed by atoms with E-state index in [2.05, 4.69) is 20.0 Å². The van der Waals surface area contributed by atoms with E-state index in [-0.39, 0.29) is 51.4 Å². The molecule has 35 heavy (non-hydrogen) atoms. The molecule has 1 atom stereocenters. The number of hydrogen-bond acceptors (Lipinski definition) is 8. The molecule has 1 aromatic carbocycles. The maximum absolute atomic E-state index is 13.6. The molecule has 0 saturated heterocycles. The smallest absolute Gasteiger partial charge is 0.418 e. The minimum absolute atomic E-state index is 0.00613. The summed E-state index contributed by atoms with van der Waals surface area (Å²) < 4.78 is 77.7. The molecule has 2 heterocycles. The third kappa shape index (κ3) is 5.00. The molecule has 1 fully saturated rings. The maximum atomic E-state index is 13.6. The highest BCUT2D eigenvalue weighted by Crippen LogP contribution is 2.46. The SMILES string of the molecule is [2H]C([2H])([2H])NC(=O)c1cnc(NC(=O)C2CC2)cc1Nc1nsc2ccc(C(OC)C(F)(F)F)c(OC)c12. The third-order valence-corrected chi connectivity index (χ3v) is 6.17. The zero-order valence-corrected chi connectivity index (χ0v) is 19.3. The Bertz CT molecular complexity index is 1380. The molecular formula is C22H22F3N5O4S. The molecule has 1 saturated carbocycles. The molecule has 186 valence electrons. The van der Waals surface area contributed by atoms with Crippen LogP contribution in [0.4, 0.5) is 30.5 Å². The molecule has 4 rings (SSSR count). The van der Waals surface area contributed by atoms with Crippen molar-refractivity contribution in [3.63, 3.8) is 0 Å². The number of nitrogens with zero attached hydrogens (tertiary/aromatic N) is 2. The highest BCUT2D eigenvalue weighted by Gasteiger charge is 2.43. The Morgan fingerprint density at radius 1 is 1.29 bits per heavy atom. The standard InChI is InChI=1S/C22H22F3N5O4S/c1-26-21(32)12-9-27-15(29-20(31)10-4-5-10)8-13(12)28-19-16-14(35-30-19)7-6-11(17(16)33-2)18(34-3)22(23,24)25/h6-10,18H,4-5H2,1-3H3,(H,26,32)(H2,27,28,29,30,31)/i1D3. The lowest BCUT2D eigenvalue weighted by atomic mass is 10.0. The van der Waals surface area contributed by atoms with Gasteiger partial charge in [0, 0.05) is 41.9 Å². The first-order valence-electron chi connectivity index (χ1n) is 11.8. The van der Waals surface area contributed by atoms with Gasteiger partial charge in [0.05, 0.1) is 28.4 Å². The first kappa shape index (κ1) is 20.9. The van der Waals surface area contributed by atoms with Crippen LogP contribution < -0.4 is 20.7 Å². The zero-order valence-electron chi connectivity index (χ0n) is 21.4. The summed E-state index contributed by atoms with van der Waals surface area (Å²) in [7, 11) is 2.13. The van der Waals surface area contributed by atoms with Crippen molar-refractivity contribution in [1.29, 1.82) is 0 Å². The molecular weight excluding hydrogens is 487 g/mol. The fourth-order valence-electron chi connectivity index (χ4n) is 3.55. The van der Waals surface area contributed by atoms with Crippen LogP contribution in [0.2, 0.25) is 0 Å². The highest BCUT2D eigenvalue weighted by molar-refractivity contribution is 7.13. The normalized spacial score (nSPS) is 16.1. The van der Waals surface area contributed by atoms with Crippen LogP contribution in [0, 0.1) is 5.92 Å². The number of benzene rings is 1. The van der Waals surface area contributed by atoms with Gasteiger partial charge in [0.2, 0.25) is 5.91 Å². The van der Waals surface area contributed by atoms with Crippen LogP contribution in [0.5, 0.6) is 5.75 Å². The maximum Gasteiger partial charge on any atom is 0.418 e. The summed E-state index contributed by atoms with van der Waals surface area (Å²) >= 11 is 0.959.